The number of amides is 5. The van der Waals surface area contributed by atoms with Crippen molar-refractivity contribution in [1.29, 1.82) is 0 Å². The van der Waals surface area contributed by atoms with Gasteiger partial charge in [-0.25, -0.2) is 19.3 Å². The van der Waals surface area contributed by atoms with Crippen molar-refractivity contribution >= 4 is 57.9 Å². The molecule has 12 rings (SSSR count). The largest absolute Gasteiger partial charge is 0.366 e. The van der Waals surface area contributed by atoms with Gasteiger partial charge in [-0.05, 0) is 133 Å². The maximum Gasteiger partial charge on any atom is 0.238 e. The number of alkyl halides is 1. The molecule has 8 aliphatic rings. The first-order valence-electron chi connectivity index (χ1n) is 27.4. The summed E-state index contributed by atoms with van der Waals surface area (Å²) in [5.41, 5.74) is 5.05. The van der Waals surface area contributed by atoms with E-state index in [9.17, 15) is 23.6 Å². The number of nitrogens with one attached hydrogen (secondary N) is 2. The van der Waals surface area contributed by atoms with Gasteiger partial charge in [-0.3, -0.25) is 34.2 Å². The molecule has 4 aromatic rings. The summed E-state index contributed by atoms with van der Waals surface area (Å²) in [6, 6.07) is 13.2. The number of piperidine rings is 5. The summed E-state index contributed by atoms with van der Waals surface area (Å²) in [6.45, 7) is 11.2. The van der Waals surface area contributed by atoms with Gasteiger partial charge in [0.15, 0.2) is 5.82 Å². The minimum Gasteiger partial charge on any atom is -0.366 e. The number of nitrogens with zero attached hydrogens (tertiary/aromatic N) is 9. The molecule has 7 fully saturated rings. The standard InChI is InChI=1S/C56H70FN11O5/c1-34(2)67-33-59-45-30-44(61-50(49(45)67)60-39-8-9-39)36-6-11-43-46(27-36)68(41-28-40(29-41)66-20-4-5-38(57)32-66)54(73)56(43)18-25-65(26-19-56)53(72)55(3)16-23-64(24-17-55)52(71)35-14-21-63(22-15-35)47-12-7-37(31-58-47)42-10-13-48(69)62-51(42)70/h6-7,11-12,27,30-31,33-35,38-42H,4-5,8-10,13-26,28-29,32H2,1-3H3,(H,60,61)(H,62,69,70)/t38-,40-,41+,42?/m0/s1. The summed E-state index contributed by atoms with van der Waals surface area (Å²) >= 11 is 0. The number of hydrogen-bond donors (Lipinski definition) is 2. The maximum atomic E-state index is 15.3. The van der Waals surface area contributed by atoms with Crippen molar-refractivity contribution in [3.63, 3.8) is 0 Å². The Morgan fingerprint density at radius 3 is 2.27 bits per heavy atom. The second-order valence-corrected chi connectivity index (χ2v) is 23.3. The second-order valence-electron chi connectivity index (χ2n) is 23.3. The summed E-state index contributed by atoms with van der Waals surface area (Å²) in [5, 5.41) is 6.11. The number of anilines is 3. The van der Waals surface area contributed by atoms with Gasteiger partial charge in [0, 0.05) is 105 Å². The van der Waals surface area contributed by atoms with Crippen molar-refractivity contribution in [3.05, 3.63) is 60.0 Å². The number of likely N-dealkylation sites (tertiary alicyclic amines) is 3. The van der Waals surface area contributed by atoms with Crippen LogP contribution in [0.25, 0.3) is 22.3 Å². The van der Waals surface area contributed by atoms with Crippen LogP contribution in [0, 0.1) is 11.3 Å². The molecule has 5 amide bonds. The van der Waals surface area contributed by atoms with Gasteiger partial charge in [0.2, 0.25) is 29.5 Å². The smallest absolute Gasteiger partial charge is 0.238 e. The Bertz CT molecular complexity index is 2820. The van der Waals surface area contributed by atoms with E-state index in [1.807, 2.05) is 28.3 Å². The number of fused-ring (bicyclic) bond motifs is 3. The van der Waals surface area contributed by atoms with Crippen molar-refractivity contribution in [1.82, 2.24) is 39.5 Å². The minimum atomic E-state index is -0.796. The summed E-state index contributed by atoms with van der Waals surface area (Å²) in [4.78, 5) is 93.1. The fraction of sp³-hybridized carbons (Fsp3) is 0.607. The molecule has 17 heteroatoms. The van der Waals surface area contributed by atoms with E-state index in [2.05, 4.69) is 79.9 Å². The van der Waals surface area contributed by atoms with Crippen LogP contribution >= 0.6 is 0 Å². The van der Waals surface area contributed by atoms with E-state index in [1.54, 1.807) is 6.20 Å². The van der Waals surface area contributed by atoms with Gasteiger partial charge in [0.25, 0.3) is 0 Å². The molecular formula is C56H70FN11O5. The lowest BCUT2D eigenvalue weighted by Gasteiger charge is -2.49. The number of imidazole rings is 1. The van der Waals surface area contributed by atoms with E-state index in [4.69, 9.17) is 9.97 Å². The van der Waals surface area contributed by atoms with Crippen molar-refractivity contribution in [3.8, 4) is 11.3 Å². The highest BCUT2D eigenvalue weighted by Gasteiger charge is 2.57. The van der Waals surface area contributed by atoms with Gasteiger partial charge in [-0.2, -0.15) is 0 Å². The van der Waals surface area contributed by atoms with E-state index in [1.165, 1.54) is 0 Å². The molecule has 2 saturated carbocycles. The van der Waals surface area contributed by atoms with Crippen LogP contribution in [-0.2, 0) is 29.4 Å². The molecule has 386 valence electrons. The molecule has 2 atom stereocenters. The number of carbonyl (C=O) groups is 5. The lowest BCUT2D eigenvalue weighted by atomic mass is 9.72. The number of aromatic nitrogens is 4. The molecule has 73 heavy (non-hydrogen) atoms. The van der Waals surface area contributed by atoms with Gasteiger partial charge in [-0.15, -0.1) is 0 Å². The average molecular weight is 996 g/mol. The van der Waals surface area contributed by atoms with Crippen LogP contribution in [0.2, 0.25) is 0 Å². The Labute approximate surface area is 426 Å². The SMILES string of the molecule is CC(C)n1cnc2cc(-c3ccc4c(c3)N([C@H]3C[C@@H](N5CCC[C@H](F)C5)C3)C(=O)C43CCN(C(=O)C4(C)CCN(C(=O)C5CCN(c6ccc(C7CCC(=O)NC7=O)cn6)CC5)CC4)CC3)nc(NC3CC3)c21. The average Bonchev–Trinajstić information content (AvgIpc) is 4.05. The summed E-state index contributed by atoms with van der Waals surface area (Å²) in [5.74, 6) is 1.08. The number of halogens is 1. The number of rotatable bonds is 10. The van der Waals surface area contributed by atoms with Gasteiger partial charge in [0.1, 0.15) is 17.5 Å². The molecule has 2 aliphatic carbocycles. The Hall–Kier alpha value is -5.97. The molecular weight excluding hydrogens is 926 g/mol. The molecule has 9 heterocycles. The van der Waals surface area contributed by atoms with Crippen molar-refractivity contribution in [2.45, 2.75) is 152 Å². The van der Waals surface area contributed by atoms with Crippen LogP contribution in [0.5, 0.6) is 0 Å². The van der Waals surface area contributed by atoms with Gasteiger partial charge in [0.05, 0.1) is 28.9 Å². The highest BCUT2D eigenvalue weighted by atomic mass is 19.1. The van der Waals surface area contributed by atoms with Crippen molar-refractivity contribution < 1.29 is 28.4 Å². The number of hydrogen-bond acceptors (Lipinski definition) is 11. The van der Waals surface area contributed by atoms with Crippen LogP contribution in [-0.4, -0.2) is 140 Å². The molecule has 0 radical (unpaired) electrons. The highest BCUT2D eigenvalue weighted by Crippen LogP contribution is 2.53. The molecule has 1 unspecified atom stereocenters. The molecule has 3 aromatic heterocycles. The van der Waals surface area contributed by atoms with Crippen LogP contribution in [0.1, 0.15) is 134 Å². The third-order valence-corrected chi connectivity index (χ3v) is 18.3. The van der Waals surface area contributed by atoms with Gasteiger partial charge < -0.3 is 29.5 Å². The maximum absolute atomic E-state index is 15.3. The molecule has 1 spiro atoms. The predicted molar refractivity (Wildman–Crippen MR) is 276 cm³/mol. The van der Waals surface area contributed by atoms with Crippen molar-refractivity contribution in [2.24, 2.45) is 11.3 Å². The monoisotopic (exact) mass is 996 g/mol. The Kier molecular flexibility index (Phi) is 12.3. The topological polar surface area (TPSA) is 169 Å². The Morgan fingerprint density at radius 1 is 0.836 bits per heavy atom. The van der Waals surface area contributed by atoms with Crippen LogP contribution in [0.3, 0.4) is 0 Å². The van der Waals surface area contributed by atoms with Crippen LogP contribution in [0.4, 0.5) is 21.7 Å². The zero-order valence-corrected chi connectivity index (χ0v) is 42.7. The Balaban J connectivity index is 0.708. The van der Waals surface area contributed by atoms with Crippen molar-refractivity contribution in [2.75, 3.05) is 67.5 Å². The van der Waals surface area contributed by atoms with Crippen LogP contribution < -0.4 is 20.4 Å². The molecule has 2 N–H and O–H groups in total. The van der Waals surface area contributed by atoms with E-state index >= 15 is 4.79 Å². The summed E-state index contributed by atoms with van der Waals surface area (Å²) in [7, 11) is 0. The zero-order chi connectivity index (χ0) is 50.3. The molecule has 5 saturated heterocycles. The fourth-order valence-electron chi connectivity index (χ4n) is 13.4. The lowest BCUT2D eigenvalue weighted by molar-refractivity contribution is -0.150. The first-order valence-corrected chi connectivity index (χ1v) is 27.4. The first-order chi connectivity index (χ1) is 35.2. The summed E-state index contributed by atoms with van der Waals surface area (Å²) in [6.07, 6.45) is 12.7. The normalized spacial score (nSPS) is 26.6. The second kappa shape index (κ2) is 18.8. The quantitative estimate of drug-likeness (QED) is 0.159. The number of benzene rings is 1. The molecule has 6 aliphatic heterocycles. The number of carbonyl (C=O) groups excluding carboxylic acids is 5. The molecule has 1 aromatic carbocycles. The molecule has 0 bridgehead atoms. The van der Waals surface area contributed by atoms with E-state index in [-0.39, 0.29) is 59.5 Å². The van der Waals surface area contributed by atoms with Gasteiger partial charge >= 0.3 is 0 Å². The lowest BCUT2D eigenvalue weighted by Crippen LogP contribution is -2.59. The predicted octanol–water partition coefficient (Wildman–Crippen LogP) is 6.89. The summed E-state index contributed by atoms with van der Waals surface area (Å²) < 4.78 is 16.8. The van der Waals surface area contributed by atoms with E-state index in [0.717, 1.165) is 89.4 Å². The van der Waals surface area contributed by atoms with Gasteiger partial charge in [-0.1, -0.05) is 25.1 Å². The zero-order valence-electron chi connectivity index (χ0n) is 42.7. The molecule has 16 nitrogen and oxygen atoms in total. The van der Waals surface area contributed by atoms with E-state index < -0.39 is 17.0 Å². The minimum absolute atomic E-state index is 0.0112. The number of pyridine rings is 2. The third kappa shape index (κ3) is 8.74. The van der Waals surface area contributed by atoms with E-state index in [0.29, 0.717) is 110 Å². The number of imide groups is 1. The third-order valence-electron chi connectivity index (χ3n) is 18.3. The highest BCUT2D eigenvalue weighted by molar-refractivity contribution is 6.09. The Morgan fingerprint density at radius 2 is 1.59 bits per heavy atom. The first kappa shape index (κ1) is 48.0. The van der Waals surface area contributed by atoms with Crippen LogP contribution in [0.15, 0.2) is 48.9 Å². The fourth-order valence-corrected chi connectivity index (χ4v) is 13.4.